The fourth-order valence-electron chi connectivity index (χ4n) is 2.69. The van der Waals surface area contributed by atoms with Gasteiger partial charge < -0.3 is 10.5 Å². The van der Waals surface area contributed by atoms with Crippen molar-refractivity contribution in [2.45, 2.75) is 37.5 Å². The molecule has 2 N–H and O–H groups in total. The average Bonchev–Trinajstić information content (AvgIpc) is 2.87. The zero-order valence-corrected chi connectivity index (χ0v) is 7.98. The molecule has 3 nitrogen and oxygen atoms in total. The smallest absolute Gasteiger partial charge is 0.0731 e. The molecule has 3 fully saturated rings. The Kier molecular flexibility index (Phi) is 1.86. The summed E-state index contributed by atoms with van der Waals surface area (Å²) in [5.74, 6) is 0.873. The number of hydrogen-bond acceptors (Lipinski definition) is 3. The number of nitrogens with zero attached hydrogens (tertiary/aromatic N) is 1. The summed E-state index contributed by atoms with van der Waals surface area (Å²) in [4.78, 5) is 2.54. The van der Waals surface area contributed by atoms with Crippen LogP contribution in [0, 0.1) is 5.92 Å². The third-order valence-electron chi connectivity index (χ3n) is 3.63. The highest BCUT2D eigenvalue weighted by Crippen LogP contribution is 2.37. The number of fused-ring (bicyclic) bond motifs is 1. The molecule has 3 rings (SSSR count). The zero-order valence-electron chi connectivity index (χ0n) is 7.98. The van der Waals surface area contributed by atoms with Gasteiger partial charge in [0.25, 0.3) is 0 Å². The SMILES string of the molecule is N[C@@H]1C[C@H]2CO[C@@H](C3CC3)CN2C1. The predicted octanol–water partition coefficient (Wildman–Crippen LogP) is 0.197. The molecule has 0 unspecified atom stereocenters. The maximum Gasteiger partial charge on any atom is 0.0731 e. The first-order valence-electron chi connectivity index (χ1n) is 5.44. The molecule has 2 saturated heterocycles. The highest BCUT2D eigenvalue weighted by Gasteiger charge is 2.41. The van der Waals surface area contributed by atoms with Gasteiger partial charge in [-0.05, 0) is 25.2 Å². The lowest BCUT2D eigenvalue weighted by molar-refractivity contribution is -0.0581. The third-order valence-corrected chi connectivity index (χ3v) is 3.63. The van der Waals surface area contributed by atoms with Gasteiger partial charge in [0.05, 0.1) is 12.7 Å². The molecule has 0 radical (unpaired) electrons. The fraction of sp³-hybridized carbons (Fsp3) is 1.00. The second-order valence-corrected chi connectivity index (χ2v) is 4.81. The molecule has 0 aromatic heterocycles. The number of rotatable bonds is 1. The number of morpholine rings is 1. The van der Waals surface area contributed by atoms with Gasteiger partial charge in [-0.2, -0.15) is 0 Å². The Labute approximate surface area is 79.2 Å². The van der Waals surface area contributed by atoms with Crippen molar-refractivity contribution in [2.75, 3.05) is 19.7 Å². The van der Waals surface area contributed by atoms with Gasteiger partial charge in [0.2, 0.25) is 0 Å². The molecular formula is C10H18N2O. The summed E-state index contributed by atoms with van der Waals surface area (Å²) >= 11 is 0. The Morgan fingerprint density at radius 1 is 1.23 bits per heavy atom. The van der Waals surface area contributed by atoms with E-state index in [9.17, 15) is 0 Å². The lowest BCUT2D eigenvalue weighted by atomic mass is 10.1. The molecule has 0 aromatic carbocycles. The molecule has 74 valence electrons. The van der Waals surface area contributed by atoms with E-state index in [0.29, 0.717) is 18.2 Å². The maximum absolute atomic E-state index is 5.93. The van der Waals surface area contributed by atoms with Gasteiger partial charge >= 0.3 is 0 Å². The minimum Gasteiger partial charge on any atom is -0.375 e. The summed E-state index contributed by atoms with van der Waals surface area (Å²) < 4.78 is 5.87. The maximum atomic E-state index is 5.93. The molecule has 0 spiro atoms. The van der Waals surface area contributed by atoms with E-state index in [1.54, 1.807) is 0 Å². The number of ether oxygens (including phenoxy) is 1. The minimum atomic E-state index is 0.395. The van der Waals surface area contributed by atoms with E-state index in [-0.39, 0.29) is 0 Å². The molecule has 0 bridgehead atoms. The highest BCUT2D eigenvalue weighted by molar-refractivity contribution is 4.95. The van der Waals surface area contributed by atoms with Crippen LogP contribution < -0.4 is 5.73 Å². The van der Waals surface area contributed by atoms with Crippen LogP contribution in [-0.2, 0) is 4.74 Å². The van der Waals surface area contributed by atoms with Crippen molar-refractivity contribution in [1.29, 1.82) is 0 Å². The van der Waals surface area contributed by atoms with E-state index >= 15 is 0 Å². The van der Waals surface area contributed by atoms with Gasteiger partial charge in [-0.15, -0.1) is 0 Å². The zero-order chi connectivity index (χ0) is 8.84. The molecule has 2 aliphatic heterocycles. The van der Waals surface area contributed by atoms with Crippen LogP contribution in [0.1, 0.15) is 19.3 Å². The molecule has 3 aliphatic rings. The van der Waals surface area contributed by atoms with Gasteiger partial charge in [-0.25, -0.2) is 0 Å². The molecule has 13 heavy (non-hydrogen) atoms. The van der Waals surface area contributed by atoms with Crippen LogP contribution in [0.25, 0.3) is 0 Å². The van der Waals surface area contributed by atoms with Crippen LogP contribution in [0.15, 0.2) is 0 Å². The first-order chi connectivity index (χ1) is 6.33. The second-order valence-electron chi connectivity index (χ2n) is 4.81. The Bertz CT molecular complexity index is 205. The van der Waals surface area contributed by atoms with Crippen LogP contribution in [0.3, 0.4) is 0 Å². The summed E-state index contributed by atoms with van der Waals surface area (Å²) in [7, 11) is 0. The molecule has 1 saturated carbocycles. The summed E-state index contributed by atoms with van der Waals surface area (Å²) in [6, 6.07) is 1.02. The fourth-order valence-corrected chi connectivity index (χ4v) is 2.69. The van der Waals surface area contributed by atoms with Crippen molar-refractivity contribution in [2.24, 2.45) is 11.7 Å². The minimum absolute atomic E-state index is 0.395. The summed E-state index contributed by atoms with van der Waals surface area (Å²) in [5, 5.41) is 0. The van der Waals surface area contributed by atoms with Gasteiger partial charge in [0, 0.05) is 25.2 Å². The van der Waals surface area contributed by atoms with Gasteiger partial charge in [0.15, 0.2) is 0 Å². The molecule has 2 heterocycles. The Balaban J connectivity index is 1.64. The second kappa shape index (κ2) is 2.94. The van der Waals surface area contributed by atoms with Gasteiger partial charge in [-0.3, -0.25) is 4.90 Å². The van der Waals surface area contributed by atoms with Crippen molar-refractivity contribution in [1.82, 2.24) is 4.90 Å². The normalized spacial score (nSPS) is 46.4. The van der Waals surface area contributed by atoms with Crippen molar-refractivity contribution in [3.05, 3.63) is 0 Å². The average molecular weight is 182 g/mol. The molecular weight excluding hydrogens is 164 g/mol. The van der Waals surface area contributed by atoms with Crippen molar-refractivity contribution in [3.8, 4) is 0 Å². The number of hydrogen-bond donors (Lipinski definition) is 1. The quantitative estimate of drug-likeness (QED) is 0.629. The molecule has 0 aromatic rings. The van der Waals surface area contributed by atoms with E-state index in [1.165, 1.54) is 12.8 Å². The Hall–Kier alpha value is -0.120. The molecule has 3 atom stereocenters. The van der Waals surface area contributed by atoms with E-state index in [1.807, 2.05) is 0 Å². The predicted molar refractivity (Wildman–Crippen MR) is 50.4 cm³/mol. The van der Waals surface area contributed by atoms with Crippen LogP contribution in [0.4, 0.5) is 0 Å². The summed E-state index contributed by atoms with van der Waals surface area (Å²) in [5.41, 5.74) is 5.93. The van der Waals surface area contributed by atoms with E-state index in [2.05, 4.69) is 4.90 Å². The van der Waals surface area contributed by atoms with Crippen molar-refractivity contribution < 1.29 is 4.74 Å². The lowest BCUT2D eigenvalue weighted by Crippen LogP contribution is -2.47. The molecule has 1 aliphatic carbocycles. The van der Waals surface area contributed by atoms with Crippen molar-refractivity contribution in [3.63, 3.8) is 0 Å². The Morgan fingerprint density at radius 3 is 2.85 bits per heavy atom. The largest absolute Gasteiger partial charge is 0.375 e. The standard InChI is InChI=1S/C10H18N2O/c11-8-3-9-6-13-10(7-1-2-7)5-12(9)4-8/h7-10H,1-6,11H2/t8-,9+,10-/m1/s1. The van der Waals surface area contributed by atoms with Crippen LogP contribution in [0.2, 0.25) is 0 Å². The monoisotopic (exact) mass is 182 g/mol. The van der Waals surface area contributed by atoms with E-state index < -0.39 is 0 Å². The third kappa shape index (κ3) is 1.49. The van der Waals surface area contributed by atoms with E-state index in [0.717, 1.165) is 32.0 Å². The van der Waals surface area contributed by atoms with Gasteiger partial charge in [-0.1, -0.05) is 0 Å². The van der Waals surface area contributed by atoms with Gasteiger partial charge in [0.1, 0.15) is 0 Å². The van der Waals surface area contributed by atoms with Crippen LogP contribution in [-0.4, -0.2) is 42.8 Å². The van der Waals surface area contributed by atoms with E-state index in [4.69, 9.17) is 10.5 Å². The lowest BCUT2D eigenvalue weighted by Gasteiger charge is -2.35. The van der Waals surface area contributed by atoms with Crippen LogP contribution in [0.5, 0.6) is 0 Å². The van der Waals surface area contributed by atoms with Crippen molar-refractivity contribution >= 4 is 0 Å². The summed E-state index contributed by atoms with van der Waals surface area (Å²) in [6.07, 6.45) is 4.43. The molecule has 3 heteroatoms. The first-order valence-corrected chi connectivity index (χ1v) is 5.44. The topological polar surface area (TPSA) is 38.5 Å². The highest BCUT2D eigenvalue weighted by atomic mass is 16.5. The molecule has 0 amide bonds. The summed E-state index contributed by atoms with van der Waals surface area (Å²) in [6.45, 7) is 3.16. The van der Waals surface area contributed by atoms with Crippen LogP contribution >= 0.6 is 0 Å². The first kappa shape index (κ1) is 8.21. The Morgan fingerprint density at radius 2 is 2.08 bits per heavy atom. The number of nitrogens with two attached hydrogens (primary N) is 1.